The Morgan fingerprint density at radius 2 is 1.76 bits per heavy atom. The van der Waals surface area contributed by atoms with Crippen molar-refractivity contribution in [2.24, 2.45) is 5.73 Å². The molecule has 1 saturated heterocycles. The standard InChI is InChI=1S/C31H34N6/c1-22(25-7-4-3-5-8-25)10-15-29-23(2)37(31(35-29)28-9-6-18-34-30(28)33)27-13-11-24(12-14-27)21-36-19-16-26(32)17-20-36/h3-15,18,26H,2,16-17,19-21,32H2,1H3,(H2,33,34)/b22-10+,29-15+. The number of hydrogen-bond acceptors (Lipinski definition) is 5. The highest BCUT2D eigenvalue weighted by molar-refractivity contribution is 5.72. The molecule has 5 rings (SSSR count). The molecule has 37 heavy (non-hydrogen) atoms. The number of nitrogens with two attached hydrogens (primary N) is 2. The van der Waals surface area contributed by atoms with Crippen LogP contribution in [0.15, 0.2) is 79.0 Å². The maximum Gasteiger partial charge on any atom is 0.149 e. The molecule has 0 radical (unpaired) electrons. The van der Waals surface area contributed by atoms with Crippen LogP contribution in [0.5, 0.6) is 0 Å². The van der Waals surface area contributed by atoms with Gasteiger partial charge in [0, 0.05) is 24.5 Å². The van der Waals surface area contributed by atoms with Crippen molar-refractivity contribution < 1.29 is 0 Å². The average molecular weight is 491 g/mol. The number of nitrogen functional groups attached to an aromatic ring is 1. The van der Waals surface area contributed by atoms with Crippen molar-refractivity contribution in [3.63, 3.8) is 0 Å². The van der Waals surface area contributed by atoms with E-state index in [0.29, 0.717) is 11.9 Å². The van der Waals surface area contributed by atoms with Gasteiger partial charge in [-0.2, -0.15) is 0 Å². The Morgan fingerprint density at radius 1 is 1.03 bits per heavy atom. The van der Waals surface area contributed by atoms with E-state index in [1.54, 1.807) is 6.20 Å². The Labute approximate surface area is 218 Å². The first kappa shape index (κ1) is 24.7. The number of aromatic nitrogens is 3. The van der Waals surface area contributed by atoms with Gasteiger partial charge in [-0.3, -0.25) is 9.47 Å². The zero-order valence-electron chi connectivity index (χ0n) is 21.3. The van der Waals surface area contributed by atoms with E-state index >= 15 is 0 Å². The van der Waals surface area contributed by atoms with Crippen molar-refractivity contribution >= 4 is 24.0 Å². The summed E-state index contributed by atoms with van der Waals surface area (Å²) in [6.45, 7) is 9.53. The molecule has 6 heteroatoms. The maximum atomic E-state index is 6.27. The lowest BCUT2D eigenvalue weighted by Crippen LogP contribution is -2.39. The molecule has 1 aliphatic heterocycles. The summed E-state index contributed by atoms with van der Waals surface area (Å²) in [5.41, 5.74) is 17.7. The molecule has 0 unspecified atom stereocenters. The number of piperidine rings is 1. The van der Waals surface area contributed by atoms with Crippen LogP contribution >= 0.6 is 0 Å². The summed E-state index contributed by atoms with van der Waals surface area (Å²) in [5.74, 6) is 1.17. The van der Waals surface area contributed by atoms with Gasteiger partial charge in [-0.15, -0.1) is 0 Å². The van der Waals surface area contributed by atoms with Crippen LogP contribution in [0.3, 0.4) is 0 Å². The van der Waals surface area contributed by atoms with E-state index in [9.17, 15) is 0 Å². The number of hydrogen-bond donors (Lipinski definition) is 2. The van der Waals surface area contributed by atoms with Crippen molar-refractivity contribution in [1.29, 1.82) is 0 Å². The van der Waals surface area contributed by atoms with Crippen molar-refractivity contribution in [2.45, 2.75) is 32.4 Å². The fourth-order valence-corrected chi connectivity index (χ4v) is 4.79. The number of likely N-dealkylation sites (tertiary alicyclic amines) is 1. The summed E-state index contributed by atoms with van der Waals surface area (Å²) in [4.78, 5) is 11.7. The van der Waals surface area contributed by atoms with E-state index in [-0.39, 0.29) is 0 Å². The molecule has 1 fully saturated rings. The van der Waals surface area contributed by atoms with Gasteiger partial charge in [-0.25, -0.2) is 9.97 Å². The second-order valence-corrected chi connectivity index (χ2v) is 9.70. The van der Waals surface area contributed by atoms with Gasteiger partial charge in [0.25, 0.3) is 0 Å². The predicted molar refractivity (Wildman–Crippen MR) is 153 cm³/mol. The molecule has 0 spiro atoms. The Hall–Kier alpha value is -4.00. The Balaban J connectivity index is 1.52. The minimum atomic E-state index is 0.339. The van der Waals surface area contributed by atoms with E-state index in [0.717, 1.165) is 65.8 Å². The number of imidazole rings is 1. The molecule has 0 bridgehead atoms. The van der Waals surface area contributed by atoms with Crippen LogP contribution in [0.1, 0.15) is 30.9 Å². The molecule has 1 aliphatic rings. The van der Waals surface area contributed by atoms with Crippen LogP contribution in [-0.2, 0) is 6.54 Å². The van der Waals surface area contributed by atoms with Crippen molar-refractivity contribution in [2.75, 3.05) is 18.8 Å². The van der Waals surface area contributed by atoms with Crippen LogP contribution in [0.4, 0.5) is 5.82 Å². The predicted octanol–water partition coefficient (Wildman–Crippen LogP) is 3.73. The summed E-state index contributed by atoms with van der Waals surface area (Å²) in [6, 6.07) is 23.1. The fraction of sp³-hybridized carbons (Fsp3) is 0.226. The van der Waals surface area contributed by atoms with E-state index in [2.05, 4.69) is 70.4 Å². The third-order valence-electron chi connectivity index (χ3n) is 7.04. The van der Waals surface area contributed by atoms with Gasteiger partial charge in [0.15, 0.2) is 0 Å². The third kappa shape index (κ3) is 5.56. The molecular formula is C31H34N6. The highest BCUT2D eigenvalue weighted by Gasteiger charge is 2.17. The van der Waals surface area contributed by atoms with Crippen LogP contribution in [0.2, 0.25) is 0 Å². The summed E-state index contributed by atoms with van der Waals surface area (Å²) in [6.07, 6.45) is 7.92. The molecule has 6 nitrogen and oxygen atoms in total. The van der Waals surface area contributed by atoms with Gasteiger partial charge in [0.05, 0.1) is 16.3 Å². The van der Waals surface area contributed by atoms with E-state index in [1.807, 2.05) is 36.4 Å². The maximum absolute atomic E-state index is 6.27. The smallest absolute Gasteiger partial charge is 0.149 e. The monoisotopic (exact) mass is 490 g/mol. The average Bonchev–Trinajstić information content (AvgIpc) is 3.25. The molecule has 3 heterocycles. The van der Waals surface area contributed by atoms with Gasteiger partial charge >= 0.3 is 0 Å². The molecule has 0 atom stereocenters. The Morgan fingerprint density at radius 3 is 2.46 bits per heavy atom. The number of pyridine rings is 1. The van der Waals surface area contributed by atoms with Crippen LogP contribution in [0, 0.1) is 0 Å². The lowest BCUT2D eigenvalue weighted by molar-refractivity contribution is 0.205. The lowest BCUT2D eigenvalue weighted by Gasteiger charge is -2.30. The zero-order valence-corrected chi connectivity index (χ0v) is 21.3. The SMILES string of the molecule is C=c1/c(=C\C=C(/C)c2ccccc2)nc(-c2cccnc2N)n1-c1ccc(CN2CCC(N)CC2)cc1. The largest absolute Gasteiger partial charge is 0.383 e. The topological polar surface area (TPSA) is 86.0 Å². The zero-order chi connectivity index (χ0) is 25.8. The second kappa shape index (κ2) is 10.9. The van der Waals surface area contributed by atoms with E-state index < -0.39 is 0 Å². The number of anilines is 1. The van der Waals surface area contributed by atoms with E-state index in [4.69, 9.17) is 16.5 Å². The summed E-state index contributed by atoms with van der Waals surface area (Å²) >= 11 is 0. The summed E-state index contributed by atoms with van der Waals surface area (Å²) < 4.78 is 2.06. The number of nitrogens with zero attached hydrogens (tertiary/aromatic N) is 4. The summed E-state index contributed by atoms with van der Waals surface area (Å²) in [7, 11) is 0. The first-order valence-corrected chi connectivity index (χ1v) is 12.8. The van der Waals surface area contributed by atoms with Gasteiger partial charge in [0.2, 0.25) is 0 Å². The fourth-order valence-electron chi connectivity index (χ4n) is 4.79. The van der Waals surface area contributed by atoms with Gasteiger partial charge in [0.1, 0.15) is 11.6 Å². The number of benzene rings is 2. The van der Waals surface area contributed by atoms with Gasteiger partial charge < -0.3 is 11.5 Å². The Kier molecular flexibility index (Phi) is 7.30. The molecule has 2 aromatic carbocycles. The molecule has 0 amide bonds. The van der Waals surface area contributed by atoms with Crippen molar-refractivity contribution in [1.82, 2.24) is 19.4 Å². The first-order valence-electron chi connectivity index (χ1n) is 12.8. The molecule has 0 aliphatic carbocycles. The highest BCUT2D eigenvalue weighted by atomic mass is 15.1. The van der Waals surface area contributed by atoms with Crippen LogP contribution in [-0.4, -0.2) is 38.6 Å². The number of allylic oxidation sites excluding steroid dienone is 2. The third-order valence-corrected chi connectivity index (χ3v) is 7.04. The molecule has 2 aromatic heterocycles. The van der Waals surface area contributed by atoms with Crippen LogP contribution in [0.25, 0.3) is 35.3 Å². The molecule has 4 N–H and O–H groups in total. The number of rotatable bonds is 6. The van der Waals surface area contributed by atoms with Gasteiger partial charge in [-0.1, -0.05) is 55.1 Å². The van der Waals surface area contributed by atoms with Crippen molar-refractivity contribution in [3.05, 3.63) is 101 Å². The molecule has 188 valence electrons. The molecular weight excluding hydrogens is 456 g/mol. The Bertz CT molecular complexity index is 1490. The highest BCUT2D eigenvalue weighted by Crippen LogP contribution is 2.23. The minimum absolute atomic E-state index is 0.339. The van der Waals surface area contributed by atoms with Crippen molar-refractivity contribution in [3.8, 4) is 17.1 Å². The van der Waals surface area contributed by atoms with E-state index in [1.165, 1.54) is 11.1 Å². The summed E-state index contributed by atoms with van der Waals surface area (Å²) in [5, 5.41) is 1.59. The second-order valence-electron chi connectivity index (χ2n) is 9.70. The lowest BCUT2D eigenvalue weighted by atomic mass is 10.1. The van der Waals surface area contributed by atoms with Gasteiger partial charge in [-0.05, 0) is 79.9 Å². The quantitative estimate of drug-likeness (QED) is 0.430. The normalized spacial score (nSPS) is 15.8. The first-order chi connectivity index (χ1) is 18.0. The molecule has 4 aromatic rings. The van der Waals surface area contributed by atoms with Crippen LogP contribution < -0.4 is 22.2 Å². The molecule has 0 saturated carbocycles. The minimum Gasteiger partial charge on any atom is -0.383 e.